The summed E-state index contributed by atoms with van der Waals surface area (Å²) >= 11 is 0. The van der Waals surface area contributed by atoms with E-state index in [-0.39, 0.29) is 18.2 Å². The van der Waals surface area contributed by atoms with Gasteiger partial charge in [0.2, 0.25) is 0 Å². The molecule has 1 aromatic carbocycles. The minimum absolute atomic E-state index is 0.0370. The van der Waals surface area contributed by atoms with E-state index in [0.717, 1.165) is 12.1 Å². The number of benzene rings is 1. The molecule has 0 saturated heterocycles. The van der Waals surface area contributed by atoms with Gasteiger partial charge in [-0.3, -0.25) is 35.4 Å². The number of allylic oxidation sites excluding steroid dienone is 3. The highest BCUT2D eigenvalue weighted by Gasteiger charge is 2.18. The van der Waals surface area contributed by atoms with Gasteiger partial charge in [-0.25, -0.2) is 4.99 Å². The SMILES string of the molecule is O=C(NN/C=C/C(=C\C=Nc1ccc([N+](=O)[O-])cc1[N+](=O)[O-])CCCO)c1ccncc1. The molecule has 0 bridgehead atoms. The van der Waals surface area contributed by atoms with Crippen molar-refractivity contribution in [2.75, 3.05) is 6.61 Å². The highest BCUT2D eigenvalue weighted by molar-refractivity contribution is 5.93. The van der Waals surface area contributed by atoms with E-state index < -0.39 is 21.2 Å². The number of aliphatic hydroxyl groups excluding tert-OH is 1. The number of aromatic nitrogens is 1. The Hall–Kier alpha value is -4.45. The van der Waals surface area contributed by atoms with Crippen LogP contribution >= 0.6 is 0 Å². The Morgan fingerprint density at radius 3 is 2.56 bits per heavy atom. The zero-order valence-corrected chi connectivity index (χ0v) is 16.7. The van der Waals surface area contributed by atoms with Crippen molar-refractivity contribution in [3.63, 3.8) is 0 Å². The summed E-state index contributed by atoms with van der Waals surface area (Å²) in [5.41, 5.74) is 5.32. The second-order valence-electron chi connectivity index (χ2n) is 6.20. The van der Waals surface area contributed by atoms with Crippen LogP contribution in [-0.2, 0) is 0 Å². The van der Waals surface area contributed by atoms with Gasteiger partial charge in [0.25, 0.3) is 11.6 Å². The molecule has 0 radical (unpaired) electrons. The average molecular weight is 440 g/mol. The number of nitrogens with one attached hydrogen (secondary N) is 2. The third kappa shape index (κ3) is 7.42. The summed E-state index contributed by atoms with van der Waals surface area (Å²) in [7, 11) is 0. The van der Waals surface area contributed by atoms with Crippen LogP contribution in [0.1, 0.15) is 23.2 Å². The third-order valence-corrected chi connectivity index (χ3v) is 4.00. The standard InChI is InChI=1S/C20H20N6O6/c27-13-1-2-15(6-12-23-24-20(28)16-7-9-21-10-8-16)5-11-22-18-4-3-17(25(29)30)14-19(18)26(31)32/h3-12,14,23,27H,1-2,13H2,(H,24,28)/b12-6+,15-5-,22-11?. The van der Waals surface area contributed by atoms with Crippen molar-refractivity contribution in [2.24, 2.45) is 4.99 Å². The molecule has 0 aliphatic heterocycles. The van der Waals surface area contributed by atoms with Gasteiger partial charge in [-0.15, -0.1) is 0 Å². The number of carbonyl (C=O) groups excluding carboxylic acids is 1. The lowest BCUT2D eigenvalue weighted by Gasteiger charge is -2.04. The van der Waals surface area contributed by atoms with Crippen LogP contribution in [0.5, 0.6) is 0 Å². The van der Waals surface area contributed by atoms with Crippen LogP contribution in [-0.4, -0.2) is 38.7 Å². The van der Waals surface area contributed by atoms with E-state index >= 15 is 0 Å². The molecule has 0 saturated carbocycles. The van der Waals surface area contributed by atoms with E-state index in [4.69, 9.17) is 5.11 Å². The van der Waals surface area contributed by atoms with E-state index in [1.165, 1.54) is 30.9 Å². The zero-order valence-electron chi connectivity index (χ0n) is 16.7. The molecule has 2 rings (SSSR count). The Morgan fingerprint density at radius 1 is 1.16 bits per heavy atom. The first-order valence-electron chi connectivity index (χ1n) is 9.31. The summed E-state index contributed by atoms with van der Waals surface area (Å²) in [4.78, 5) is 40.3. The highest BCUT2D eigenvalue weighted by Crippen LogP contribution is 2.30. The number of aliphatic imine (C=N–C) groups is 1. The highest BCUT2D eigenvalue weighted by atomic mass is 16.6. The number of hydrogen-bond donors (Lipinski definition) is 3. The average Bonchev–Trinajstić information content (AvgIpc) is 2.80. The summed E-state index contributed by atoms with van der Waals surface area (Å²) in [5, 5.41) is 31.1. The number of nitro benzene ring substituents is 2. The van der Waals surface area contributed by atoms with Crippen LogP contribution in [0.25, 0.3) is 0 Å². The number of non-ortho nitro benzene ring substituents is 1. The first-order valence-corrected chi connectivity index (χ1v) is 9.31. The van der Waals surface area contributed by atoms with Gasteiger partial charge in [0.15, 0.2) is 0 Å². The second kappa shape index (κ2) is 12.3. The fraction of sp³-hybridized carbons (Fsp3) is 0.150. The van der Waals surface area contributed by atoms with Gasteiger partial charge in [0, 0.05) is 43.0 Å². The van der Waals surface area contributed by atoms with Crippen molar-refractivity contribution < 1.29 is 19.7 Å². The Balaban J connectivity index is 2.08. The first kappa shape index (κ1) is 23.8. The molecule has 1 heterocycles. The maximum absolute atomic E-state index is 11.9. The van der Waals surface area contributed by atoms with Crippen LogP contribution < -0.4 is 10.9 Å². The summed E-state index contributed by atoms with van der Waals surface area (Å²) < 4.78 is 0. The van der Waals surface area contributed by atoms with Gasteiger partial charge in [0.05, 0.1) is 15.9 Å². The minimum Gasteiger partial charge on any atom is -0.396 e. The summed E-state index contributed by atoms with van der Waals surface area (Å²) in [6.07, 6.45) is 9.93. The van der Waals surface area contributed by atoms with Crippen molar-refractivity contribution in [1.82, 2.24) is 15.8 Å². The maximum atomic E-state index is 11.9. The van der Waals surface area contributed by atoms with Gasteiger partial charge >= 0.3 is 5.69 Å². The van der Waals surface area contributed by atoms with Gasteiger partial charge in [-0.05, 0) is 48.8 Å². The summed E-state index contributed by atoms with van der Waals surface area (Å²) in [5.74, 6) is -0.356. The van der Waals surface area contributed by atoms with E-state index in [0.29, 0.717) is 24.0 Å². The summed E-state index contributed by atoms with van der Waals surface area (Å²) in [6.45, 7) is -0.0393. The smallest absolute Gasteiger partial charge is 0.301 e. The number of pyridine rings is 1. The van der Waals surface area contributed by atoms with Crippen molar-refractivity contribution >= 4 is 29.2 Å². The van der Waals surface area contributed by atoms with Crippen molar-refractivity contribution in [1.29, 1.82) is 0 Å². The Morgan fingerprint density at radius 2 is 1.91 bits per heavy atom. The number of nitrogens with zero attached hydrogens (tertiary/aromatic N) is 4. The van der Waals surface area contributed by atoms with Crippen LogP contribution in [0, 0.1) is 20.2 Å². The van der Waals surface area contributed by atoms with E-state index in [1.807, 2.05) is 0 Å². The molecule has 32 heavy (non-hydrogen) atoms. The predicted octanol–water partition coefficient (Wildman–Crippen LogP) is 2.75. The number of aliphatic hydroxyl groups is 1. The fourth-order valence-electron chi connectivity index (χ4n) is 2.43. The van der Waals surface area contributed by atoms with Crippen LogP contribution in [0.2, 0.25) is 0 Å². The number of carbonyl (C=O) groups is 1. The molecule has 3 N–H and O–H groups in total. The molecule has 2 aromatic rings. The number of rotatable bonds is 11. The Kier molecular flexibility index (Phi) is 9.15. The Labute approximate surface area is 182 Å². The zero-order chi connectivity index (χ0) is 23.3. The normalized spacial score (nSPS) is 11.6. The van der Waals surface area contributed by atoms with E-state index in [9.17, 15) is 25.0 Å². The van der Waals surface area contributed by atoms with Gasteiger partial charge in [-0.1, -0.05) is 0 Å². The van der Waals surface area contributed by atoms with E-state index in [1.54, 1.807) is 24.3 Å². The monoisotopic (exact) mass is 440 g/mol. The number of hydrazine groups is 1. The number of nitro groups is 2. The van der Waals surface area contributed by atoms with Crippen molar-refractivity contribution in [3.8, 4) is 0 Å². The molecule has 12 nitrogen and oxygen atoms in total. The van der Waals surface area contributed by atoms with Gasteiger partial charge in [0.1, 0.15) is 5.69 Å². The molecule has 0 atom stereocenters. The molecular formula is C20H20N6O6. The molecule has 1 aromatic heterocycles. The minimum atomic E-state index is -0.745. The molecule has 166 valence electrons. The lowest BCUT2D eigenvalue weighted by Crippen LogP contribution is -2.33. The molecule has 0 fully saturated rings. The third-order valence-electron chi connectivity index (χ3n) is 4.00. The first-order chi connectivity index (χ1) is 15.4. The molecule has 0 aliphatic rings. The summed E-state index contributed by atoms with van der Waals surface area (Å²) in [6, 6.07) is 6.28. The van der Waals surface area contributed by atoms with Crippen molar-refractivity contribution in [3.05, 3.63) is 92.4 Å². The molecule has 1 amide bonds. The Bertz CT molecular complexity index is 1050. The van der Waals surface area contributed by atoms with E-state index in [2.05, 4.69) is 20.8 Å². The number of hydrogen-bond acceptors (Lipinski definition) is 9. The van der Waals surface area contributed by atoms with Gasteiger partial charge in [-0.2, -0.15) is 0 Å². The molecule has 0 aliphatic carbocycles. The lowest BCUT2D eigenvalue weighted by atomic mass is 10.1. The largest absolute Gasteiger partial charge is 0.396 e. The van der Waals surface area contributed by atoms with Crippen molar-refractivity contribution in [2.45, 2.75) is 12.8 Å². The van der Waals surface area contributed by atoms with Crippen LogP contribution in [0.4, 0.5) is 17.1 Å². The molecule has 0 unspecified atom stereocenters. The van der Waals surface area contributed by atoms with Gasteiger partial charge < -0.3 is 10.5 Å². The van der Waals surface area contributed by atoms with Crippen LogP contribution in [0.15, 0.2) is 71.6 Å². The molecule has 0 spiro atoms. The molecular weight excluding hydrogens is 420 g/mol. The maximum Gasteiger partial charge on any atom is 0.301 e. The van der Waals surface area contributed by atoms with Crippen LogP contribution in [0.3, 0.4) is 0 Å². The predicted molar refractivity (Wildman–Crippen MR) is 116 cm³/mol. The molecule has 12 heteroatoms. The number of amides is 1. The lowest BCUT2D eigenvalue weighted by molar-refractivity contribution is -0.393. The quantitative estimate of drug-likeness (QED) is 0.207. The fourth-order valence-corrected chi connectivity index (χ4v) is 2.43. The second-order valence-corrected chi connectivity index (χ2v) is 6.20. The topological polar surface area (TPSA) is 173 Å².